The highest BCUT2D eigenvalue weighted by Gasteiger charge is 2.38. The highest BCUT2D eigenvalue weighted by molar-refractivity contribution is 7.91. The molecule has 4 rings (SSSR count). The number of rotatable bonds is 6. The number of carboxylic acids is 1. The normalized spacial score (nSPS) is 15.8. The molecule has 0 fully saturated rings. The number of alkyl halides is 3. The van der Waals surface area contributed by atoms with Gasteiger partial charge in [-0.05, 0) is 41.5 Å². The van der Waals surface area contributed by atoms with E-state index in [4.69, 9.17) is 14.6 Å². The predicted octanol–water partition coefficient (Wildman–Crippen LogP) is 3.53. The van der Waals surface area contributed by atoms with Gasteiger partial charge in [0, 0.05) is 12.7 Å². The third-order valence-corrected chi connectivity index (χ3v) is 7.93. The number of hydrogen-bond acceptors (Lipinski definition) is 6. The highest BCUT2D eigenvalue weighted by Crippen LogP contribution is 2.27. The van der Waals surface area contributed by atoms with Crippen LogP contribution in [-0.2, 0) is 32.5 Å². The number of benzene rings is 1. The summed E-state index contributed by atoms with van der Waals surface area (Å²) in [5, 5.41) is 13.6. The SMILES string of the molecule is Cc1ccsc1S(=O)(=O)NCC1OCCc2cn(Cc3ccccc3)nc21.O=C(O)C(F)(F)F. The number of aryl methyl sites for hydroxylation is 1. The third-order valence-electron chi connectivity index (χ3n) is 4.81. The molecule has 0 saturated carbocycles. The highest BCUT2D eigenvalue weighted by atomic mass is 32.2. The van der Waals surface area contributed by atoms with Crippen molar-refractivity contribution in [2.75, 3.05) is 13.2 Å². The fourth-order valence-corrected chi connectivity index (χ4v) is 5.72. The second kappa shape index (κ2) is 10.7. The van der Waals surface area contributed by atoms with Gasteiger partial charge >= 0.3 is 12.1 Å². The van der Waals surface area contributed by atoms with E-state index in [0.29, 0.717) is 17.4 Å². The van der Waals surface area contributed by atoms with Crippen molar-refractivity contribution < 1.29 is 36.2 Å². The molecule has 1 atom stereocenters. The first-order chi connectivity index (χ1) is 16.0. The number of nitrogens with zero attached hydrogens (tertiary/aromatic N) is 2. The maximum Gasteiger partial charge on any atom is 0.490 e. The van der Waals surface area contributed by atoms with Crippen molar-refractivity contribution in [3.8, 4) is 0 Å². The zero-order valence-corrected chi connectivity index (χ0v) is 19.6. The minimum Gasteiger partial charge on any atom is -0.475 e. The minimum absolute atomic E-state index is 0.176. The van der Waals surface area contributed by atoms with Crippen LogP contribution >= 0.6 is 11.3 Å². The molecule has 0 aliphatic carbocycles. The monoisotopic (exact) mass is 517 g/mol. The first-order valence-corrected chi connectivity index (χ1v) is 12.4. The van der Waals surface area contributed by atoms with Crippen LogP contribution in [0.5, 0.6) is 0 Å². The van der Waals surface area contributed by atoms with Gasteiger partial charge in [0.15, 0.2) is 0 Å². The number of carbonyl (C=O) groups is 1. The lowest BCUT2D eigenvalue weighted by Gasteiger charge is -2.22. The molecule has 8 nitrogen and oxygen atoms in total. The van der Waals surface area contributed by atoms with E-state index in [1.54, 1.807) is 18.4 Å². The van der Waals surface area contributed by atoms with Gasteiger partial charge < -0.3 is 9.84 Å². The molecule has 184 valence electrons. The molecule has 2 aromatic heterocycles. The molecule has 1 aliphatic heterocycles. The van der Waals surface area contributed by atoms with Gasteiger partial charge in [0.05, 0.1) is 18.8 Å². The number of aliphatic carboxylic acids is 1. The maximum absolute atomic E-state index is 12.5. The fraction of sp³-hybridized carbons (Fsp3) is 0.333. The van der Waals surface area contributed by atoms with Gasteiger partial charge in [0.2, 0.25) is 10.0 Å². The van der Waals surface area contributed by atoms with Crippen LogP contribution in [0.4, 0.5) is 13.2 Å². The zero-order valence-electron chi connectivity index (χ0n) is 17.9. The van der Waals surface area contributed by atoms with Crippen molar-refractivity contribution in [1.29, 1.82) is 0 Å². The largest absolute Gasteiger partial charge is 0.490 e. The van der Waals surface area contributed by atoms with Gasteiger partial charge in [-0.2, -0.15) is 18.3 Å². The fourth-order valence-electron chi connectivity index (χ4n) is 3.22. The van der Waals surface area contributed by atoms with Crippen molar-refractivity contribution in [1.82, 2.24) is 14.5 Å². The Morgan fingerprint density at radius 1 is 1.29 bits per heavy atom. The lowest BCUT2D eigenvalue weighted by Crippen LogP contribution is -2.31. The summed E-state index contributed by atoms with van der Waals surface area (Å²) in [4.78, 5) is 8.90. The van der Waals surface area contributed by atoms with Crippen LogP contribution in [0.25, 0.3) is 0 Å². The number of halogens is 3. The van der Waals surface area contributed by atoms with E-state index in [2.05, 4.69) is 22.0 Å². The topological polar surface area (TPSA) is 111 Å². The van der Waals surface area contributed by atoms with Crippen LogP contribution in [0.3, 0.4) is 0 Å². The summed E-state index contributed by atoms with van der Waals surface area (Å²) in [6.45, 7) is 3.22. The quantitative estimate of drug-likeness (QED) is 0.518. The Bertz CT molecular complexity index is 1220. The van der Waals surface area contributed by atoms with Gasteiger partial charge in [-0.25, -0.2) is 17.9 Å². The molecule has 0 saturated heterocycles. The van der Waals surface area contributed by atoms with Crippen LogP contribution in [0.15, 0.2) is 52.2 Å². The Balaban J connectivity index is 0.000000406. The average Bonchev–Trinajstić information content (AvgIpc) is 3.39. The Morgan fingerprint density at radius 2 is 1.97 bits per heavy atom. The van der Waals surface area contributed by atoms with Crippen molar-refractivity contribution in [2.24, 2.45) is 0 Å². The lowest BCUT2D eigenvalue weighted by atomic mass is 10.1. The van der Waals surface area contributed by atoms with E-state index < -0.39 is 22.2 Å². The number of carboxylic acid groups (broad SMARTS) is 1. The first kappa shape index (κ1) is 25.9. The number of thiophene rings is 1. The van der Waals surface area contributed by atoms with Crippen LogP contribution in [0, 0.1) is 6.92 Å². The average molecular weight is 518 g/mol. The zero-order chi connectivity index (χ0) is 24.9. The molecule has 0 bridgehead atoms. The smallest absolute Gasteiger partial charge is 0.475 e. The second-order valence-corrected chi connectivity index (χ2v) is 10.3. The van der Waals surface area contributed by atoms with Crippen LogP contribution in [0.1, 0.15) is 28.5 Å². The Kier molecular flexibility index (Phi) is 8.13. The third kappa shape index (κ3) is 6.65. The molecule has 1 aromatic carbocycles. The van der Waals surface area contributed by atoms with E-state index in [0.717, 1.165) is 23.2 Å². The number of sulfonamides is 1. The van der Waals surface area contributed by atoms with Crippen molar-refractivity contribution in [3.63, 3.8) is 0 Å². The van der Waals surface area contributed by atoms with Gasteiger partial charge in [0.25, 0.3) is 0 Å². The molecule has 0 amide bonds. The van der Waals surface area contributed by atoms with E-state index in [1.807, 2.05) is 29.1 Å². The number of aromatic nitrogens is 2. The molecule has 0 radical (unpaired) electrons. The summed E-state index contributed by atoms with van der Waals surface area (Å²) >= 11 is 1.22. The maximum atomic E-state index is 12.5. The van der Waals surface area contributed by atoms with E-state index in [-0.39, 0.29) is 12.6 Å². The lowest BCUT2D eigenvalue weighted by molar-refractivity contribution is -0.192. The van der Waals surface area contributed by atoms with Crippen molar-refractivity contribution in [3.05, 3.63) is 70.4 Å². The van der Waals surface area contributed by atoms with Gasteiger partial charge in [-0.3, -0.25) is 4.68 Å². The minimum atomic E-state index is -5.08. The molecule has 3 heterocycles. The summed E-state index contributed by atoms with van der Waals surface area (Å²) in [7, 11) is -3.54. The van der Waals surface area contributed by atoms with E-state index in [9.17, 15) is 21.6 Å². The van der Waals surface area contributed by atoms with Crippen LogP contribution in [0.2, 0.25) is 0 Å². The standard InChI is InChI=1S/C19H21N3O3S2.C2HF3O2/c1-14-8-10-26-19(14)27(23,24)20-11-17-18-16(7-9-25-17)13-22(21-18)12-15-5-3-2-4-6-15;3-2(4,5)1(6)7/h2-6,8,10,13,17,20H,7,9,11-12H2,1H3;(H,6,7). The van der Waals surface area contributed by atoms with Crippen LogP contribution in [-0.4, -0.2) is 48.6 Å². The van der Waals surface area contributed by atoms with Gasteiger partial charge in [-0.15, -0.1) is 11.3 Å². The number of nitrogens with one attached hydrogen (secondary N) is 1. The summed E-state index contributed by atoms with van der Waals surface area (Å²) in [5.41, 5.74) is 3.87. The molecule has 1 unspecified atom stereocenters. The second-order valence-electron chi connectivity index (χ2n) is 7.38. The predicted molar refractivity (Wildman–Crippen MR) is 118 cm³/mol. The molecule has 3 aromatic rings. The Morgan fingerprint density at radius 3 is 2.56 bits per heavy atom. The molecule has 13 heteroatoms. The Hall–Kier alpha value is -2.74. The molecule has 0 spiro atoms. The van der Waals surface area contributed by atoms with Crippen molar-refractivity contribution in [2.45, 2.75) is 36.4 Å². The summed E-state index contributed by atoms with van der Waals surface area (Å²) in [5.74, 6) is -2.76. The number of fused-ring (bicyclic) bond motifs is 1. The van der Waals surface area contributed by atoms with E-state index in [1.165, 1.54) is 16.9 Å². The summed E-state index contributed by atoms with van der Waals surface area (Å²) in [6.07, 6.45) is -2.63. The van der Waals surface area contributed by atoms with Gasteiger partial charge in [-0.1, -0.05) is 30.3 Å². The number of hydrogen-bond donors (Lipinski definition) is 2. The molecular weight excluding hydrogens is 495 g/mol. The van der Waals surface area contributed by atoms with Gasteiger partial charge in [0.1, 0.15) is 10.3 Å². The molecular formula is C21H22F3N3O5S2. The Labute approximate surface area is 198 Å². The number of ether oxygens (including phenoxy) is 1. The molecule has 2 N–H and O–H groups in total. The molecule has 1 aliphatic rings. The molecule has 34 heavy (non-hydrogen) atoms. The van der Waals surface area contributed by atoms with Crippen LogP contribution < -0.4 is 4.72 Å². The summed E-state index contributed by atoms with van der Waals surface area (Å²) in [6, 6.07) is 11.9. The van der Waals surface area contributed by atoms with E-state index >= 15 is 0 Å². The first-order valence-electron chi connectivity index (χ1n) is 10.0. The van der Waals surface area contributed by atoms with Crippen molar-refractivity contribution >= 4 is 27.3 Å². The summed E-state index contributed by atoms with van der Waals surface area (Å²) < 4.78 is 67.6.